The highest BCUT2D eigenvalue weighted by Crippen LogP contribution is 2.33. The van der Waals surface area contributed by atoms with E-state index in [2.05, 4.69) is 29.3 Å². The van der Waals surface area contributed by atoms with Gasteiger partial charge in [0.2, 0.25) is 0 Å². The van der Waals surface area contributed by atoms with Crippen molar-refractivity contribution in [1.29, 1.82) is 0 Å². The minimum Gasteiger partial charge on any atom is -0.486 e. The van der Waals surface area contributed by atoms with Gasteiger partial charge in [0.25, 0.3) is 0 Å². The lowest BCUT2D eigenvalue weighted by atomic mass is 9.99. The zero-order chi connectivity index (χ0) is 13.8. The maximum Gasteiger partial charge on any atom is 0.161 e. The summed E-state index contributed by atoms with van der Waals surface area (Å²) in [5.41, 5.74) is 1.34. The number of nitrogens with zero attached hydrogens (tertiary/aromatic N) is 1. The van der Waals surface area contributed by atoms with Crippen LogP contribution < -0.4 is 14.8 Å². The molecular weight excluding hydrogens is 252 g/mol. The number of hydrogen-bond acceptors (Lipinski definition) is 4. The predicted octanol–water partition coefficient (Wildman–Crippen LogP) is 1.86. The minimum absolute atomic E-state index is 0.518. The average molecular weight is 276 g/mol. The molecule has 4 heteroatoms. The van der Waals surface area contributed by atoms with E-state index in [0.29, 0.717) is 19.1 Å². The van der Waals surface area contributed by atoms with Gasteiger partial charge in [-0.15, -0.1) is 0 Å². The van der Waals surface area contributed by atoms with E-state index in [1.807, 2.05) is 6.07 Å². The van der Waals surface area contributed by atoms with E-state index >= 15 is 0 Å². The van der Waals surface area contributed by atoms with Crippen molar-refractivity contribution in [2.24, 2.45) is 0 Å². The van der Waals surface area contributed by atoms with Crippen LogP contribution >= 0.6 is 0 Å². The van der Waals surface area contributed by atoms with Crippen molar-refractivity contribution >= 4 is 0 Å². The molecular formula is C16H24N2O2. The summed E-state index contributed by atoms with van der Waals surface area (Å²) >= 11 is 0. The lowest BCUT2D eigenvalue weighted by molar-refractivity contribution is 0.171. The molecule has 0 bridgehead atoms. The molecule has 4 nitrogen and oxygen atoms in total. The third-order valence-corrected chi connectivity index (χ3v) is 4.10. The van der Waals surface area contributed by atoms with Crippen LogP contribution in [0.5, 0.6) is 11.5 Å². The molecule has 2 heterocycles. The summed E-state index contributed by atoms with van der Waals surface area (Å²) in [6.07, 6.45) is 1.24. The lowest BCUT2D eigenvalue weighted by Crippen LogP contribution is -2.31. The summed E-state index contributed by atoms with van der Waals surface area (Å²) in [6, 6.07) is 6.37. The number of rotatable bonds is 3. The molecule has 2 aliphatic heterocycles. The molecule has 1 unspecified atom stereocenters. The molecule has 1 aromatic rings. The van der Waals surface area contributed by atoms with Gasteiger partial charge in [0.05, 0.1) is 0 Å². The molecule has 0 saturated carbocycles. The van der Waals surface area contributed by atoms with Crippen LogP contribution in [0.15, 0.2) is 18.2 Å². The van der Waals surface area contributed by atoms with Crippen molar-refractivity contribution in [3.05, 3.63) is 23.8 Å². The molecule has 0 amide bonds. The molecule has 2 aliphatic rings. The number of benzene rings is 1. The fourth-order valence-corrected chi connectivity index (χ4v) is 2.94. The first-order valence-corrected chi connectivity index (χ1v) is 7.65. The van der Waals surface area contributed by atoms with E-state index in [9.17, 15) is 0 Å². The summed E-state index contributed by atoms with van der Waals surface area (Å²) < 4.78 is 11.3. The van der Waals surface area contributed by atoms with E-state index in [-0.39, 0.29) is 0 Å². The first-order chi connectivity index (χ1) is 9.83. The van der Waals surface area contributed by atoms with E-state index in [4.69, 9.17) is 9.47 Å². The molecule has 1 saturated heterocycles. The van der Waals surface area contributed by atoms with Crippen LogP contribution in [0.25, 0.3) is 0 Å². The molecule has 20 heavy (non-hydrogen) atoms. The smallest absolute Gasteiger partial charge is 0.161 e. The zero-order valence-electron chi connectivity index (χ0n) is 12.2. The second-order valence-corrected chi connectivity index (χ2v) is 5.71. The highest BCUT2D eigenvalue weighted by molar-refractivity contribution is 5.44. The largest absolute Gasteiger partial charge is 0.486 e. The molecule has 1 fully saturated rings. The summed E-state index contributed by atoms with van der Waals surface area (Å²) in [7, 11) is 0. The maximum absolute atomic E-state index is 5.68. The number of hydrogen-bond donors (Lipinski definition) is 1. The third kappa shape index (κ3) is 3.25. The summed E-state index contributed by atoms with van der Waals surface area (Å²) in [4.78, 5) is 2.56. The number of fused-ring (bicyclic) bond motifs is 1. The Bertz CT molecular complexity index is 442. The standard InChI is InChI=1S/C16H24N2O2/c1-13(12-18-7-2-5-17-6-8-18)14-3-4-15-16(11-14)20-10-9-19-15/h3-4,11,13,17H,2,5-10,12H2,1H3. The fourth-order valence-electron chi connectivity index (χ4n) is 2.94. The topological polar surface area (TPSA) is 33.7 Å². The van der Waals surface area contributed by atoms with Crippen molar-refractivity contribution in [3.8, 4) is 11.5 Å². The van der Waals surface area contributed by atoms with Gasteiger partial charge >= 0.3 is 0 Å². The Kier molecular flexibility index (Phi) is 4.43. The monoisotopic (exact) mass is 276 g/mol. The summed E-state index contributed by atoms with van der Waals surface area (Å²) in [6.45, 7) is 9.32. The van der Waals surface area contributed by atoms with Gasteiger partial charge in [0.1, 0.15) is 13.2 Å². The Balaban J connectivity index is 1.65. The van der Waals surface area contributed by atoms with Gasteiger partial charge in [0.15, 0.2) is 11.5 Å². The van der Waals surface area contributed by atoms with Crippen LogP contribution in [-0.4, -0.2) is 50.8 Å². The highest BCUT2D eigenvalue weighted by Gasteiger charge is 2.17. The average Bonchev–Trinajstić information content (AvgIpc) is 2.75. The quantitative estimate of drug-likeness (QED) is 0.913. The zero-order valence-corrected chi connectivity index (χ0v) is 12.2. The molecule has 0 spiro atoms. The van der Waals surface area contributed by atoms with Gasteiger partial charge in [-0.1, -0.05) is 13.0 Å². The normalized spacial score (nSPS) is 21.2. The second kappa shape index (κ2) is 6.46. The molecule has 1 atom stereocenters. The predicted molar refractivity (Wildman–Crippen MR) is 79.8 cm³/mol. The first kappa shape index (κ1) is 13.7. The SMILES string of the molecule is CC(CN1CCCNCC1)c1ccc2c(c1)OCCO2. The summed E-state index contributed by atoms with van der Waals surface area (Å²) in [5, 5.41) is 3.45. The summed E-state index contributed by atoms with van der Waals surface area (Å²) in [5.74, 6) is 2.30. The highest BCUT2D eigenvalue weighted by atomic mass is 16.6. The van der Waals surface area contributed by atoms with Crippen LogP contribution in [0.1, 0.15) is 24.8 Å². The molecule has 1 N–H and O–H groups in total. The van der Waals surface area contributed by atoms with E-state index in [0.717, 1.165) is 37.7 Å². The van der Waals surface area contributed by atoms with Gasteiger partial charge in [-0.25, -0.2) is 0 Å². The lowest BCUT2D eigenvalue weighted by Gasteiger charge is -2.25. The maximum atomic E-state index is 5.68. The van der Waals surface area contributed by atoms with Gasteiger partial charge in [-0.2, -0.15) is 0 Å². The van der Waals surface area contributed by atoms with Gasteiger partial charge in [-0.3, -0.25) is 0 Å². The van der Waals surface area contributed by atoms with Gasteiger partial charge < -0.3 is 19.7 Å². The molecule has 1 aromatic carbocycles. The van der Waals surface area contributed by atoms with Crippen molar-refractivity contribution in [2.45, 2.75) is 19.3 Å². The van der Waals surface area contributed by atoms with Crippen molar-refractivity contribution in [2.75, 3.05) is 45.9 Å². The fraction of sp³-hybridized carbons (Fsp3) is 0.625. The molecule has 0 aromatic heterocycles. The van der Waals surface area contributed by atoms with Crippen molar-refractivity contribution in [3.63, 3.8) is 0 Å². The Morgan fingerprint density at radius 3 is 2.90 bits per heavy atom. The van der Waals surface area contributed by atoms with Crippen LogP contribution in [0.3, 0.4) is 0 Å². The van der Waals surface area contributed by atoms with Crippen LogP contribution in [-0.2, 0) is 0 Å². The molecule has 0 aliphatic carbocycles. The van der Waals surface area contributed by atoms with E-state index in [1.165, 1.54) is 18.5 Å². The molecule has 3 rings (SSSR count). The number of ether oxygens (including phenoxy) is 2. The van der Waals surface area contributed by atoms with E-state index < -0.39 is 0 Å². The minimum atomic E-state index is 0.518. The Morgan fingerprint density at radius 1 is 1.15 bits per heavy atom. The van der Waals surface area contributed by atoms with Crippen LogP contribution in [0.2, 0.25) is 0 Å². The number of nitrogens with one attached hydrogen (secondary N) is 1. The van der Waals surface area contributed by atoms with Gasteiger partial charge in [0, 0.05) is 19.6 Å². The van der Waals surface area contributed by atoms with Crippen LogP contribution in [0, 0.1) is 0 Å². The second-order valence-electron chi connectivity index (χ2n) is 5.71. The van der Waals surface area contributed by atoms with Crippen molar-refractivity contribution in [1.82, 2.24) is 10.2 Å². The van der Waals surface area contributed by atoms with E-state index in [1.54, 1.807) is 0 Å². The Morgan fingerprint density at radius 2 is 2.00 bits per heavy atom. The van der Waals surface area contributed by atoms with Crippen LogP contribution in [0.4, 0.5) is 0 Å². The van der Waals surface area contributed by atoms with Crippen molar-refractivity contribution < 1.29 is 9.47 Å². The first-order valence-electron chi connectivity index (χ1n) is 7.65. The Labute approximate surface area is 121 Å². The van der Waals surface area contributed by atoms with Gasteiger partial charge in [-0.05, 0) is 43.1 Å². The molecule has 110 valence electrons. The third-order valence-electron chi connectivity index (χ3n) is 4.10. The Hall–Kier alpha value is -1.26. The molecule has 0 radical (unpaired) electrons.